The number of hydrogen-bond donors (Lipinski definition) is 2. The maximum atomic E-state index is 9.86. The molecule has 1 fully saturated rings. The Morgan fingerprint density at radius 1 is 1.35 bits per heavy atom. The van der Waals surface area contributed by atoms with Gasteiger partial charge in [-0.15, -0.1) is 0 Å². The van der Waals surface area contributed by atoms with Crippen molar-refractivity contribution in [2.24, 2.45) is 0 Å². The van der Waals surface area contributed by atoms with Gasteiger partial charge in [0.2, 0.25) is 0 Å². The van der Waals surface area contributed by atoms with Gasteiger partial charge in [0.1, 0.15) is 5.75 Å². The molecule has 1 aliphatic carbocycles. The first-order chi connectivity index (χ1) is 8.29. The van der Waals surface area contributed by atoms with Crippen molar-refractivity contribution in [3.05, 3.63) is 29.8 Å². The predicted octanol–water partition coefficient (Wildman–Crippen LogP) is 2.09. The van der Waals surface area contributed by atoms with Crippen molar-refractivity contribution in [3.8, 4) is 5.75 Å². The lowest BCUT2D eigenvalue weighted by Gasteiger charge is -2.28. The highest BCUT2D eigenvalue weighted by atomic mass is 16.5. The van der Waals surface area contributed by atoms with Gasteiger partial charge < -0.3 is 15.2 Å². The van der Waals surface area contributed by atoms with Crippen LogP contribution in [-0.2, 0) is 6.54 Å². The molecule has 3 heteroatoms. The van der Waals surface area contributed by atoms with Gasteiger partial charge in [0.05, 0.1) is 13.2 Å². The van der Waals surface area contributed by atoms with Crippen LogP contribution >= 0.6 is 0 Å². The Labute approximate surface area is 103 Å². The van der Waals surface area contributed by atoms with Crippen LogP contribution in [-0.4, -0.2) is 24.4 Å². The van der Waals surface area contributed by atoms with E-state index in [1.165, 1.54) is 12.0 Å². The van der Waals surface area contributed by atoms with E-state index in [4.69, 9.17) is 4.74 Å². The fourth-order valence-electron chi connectivity index (χ4n) is 2.38. The summed E-state index contributed by atoms with van der Waals surface area (Å²) in [4.78, 5) is 0. The van der Waals surface area contributed by atoms with Gasteiger partial charge in [0.15, 0.2) is 0 Å². The molecule has 1 saturated carbocycles. The number of methoxy groups -OCH3 is 1. The topological polar surface area (TPSA) is 41.5 Å². The molecule has 0 heterocycles. The van der Waals surface area contributed by atoms with Crippen LogP contribution in [0.5, 0.6) is 5.75 Å². The quantitative estimate of drug-likeness (QED) is 0.839. The number of benzene rings is 1. The van der Waals surface area contributed by atoms with Gasteiger partial charge in [0.25, 0.3) is 0 Å². The first-order valence-corrected chi connectivity index (χ1v) is 6.34. The molecule has 2 atom stereocenters. The minimum absolute atomic E-state index is 0.186. The minimum Gasteiger partial charge on any atom is -0.497 e. The van der Waals surface area contributed by atoms with Crippen LogP contribution in [0.1, 0.15) is 31.2 Å². The van der Waals surface area contributed by atoms with Crippen molar-refractivity contribution in [2.75, 3.05) is 7.11 Å². The standard InChI is InChI=1S/C14H21NO2/c1-17-12-6-4-5-11(9-12)10-15-13-7-2-3-8-14(13)16/h4-6,9,13-16H,2-3,7-8,10H2,1H3/t13-,14+/m1/s1. The SMILES string of the molecule is COc1cccc(CN[C@@H]2CCCC[C@@H]2O)c1. The van der Waals surface area contributed by atoms with Gasteiger partial charge >= 0.3 is 0 Å². The number of aliphatic hydroxyl groups excluding tert-OH is 1. The zero-order valence-corrected chi connectivity index (χ0v) is 10.4. The Morgan fingerprint density at radius 3 is 2.94 bits per heavy atom. The van der Waals surface area contributed by atoms with Gasteiger partial charge in [-0.3, -0.25) is 0 Å². The van der Waals surface area contributed by atoms with Crippen molar-refractivity contribution in [1.29, 1.82) is 0 Å². The molecule has 0 spiro atoms. The van der Waals surface area contributed by atoms with E-state index in [0.29, 0.717) is 0 Å². The van der Waals surface area contributed by atoms with Gasteiger partial charge in [-0.25, -0.2) is 0 Å². The van der Waals surface area contributed by atoms with Crippen molar-refractivity contribution < 1.29 is 9.84 Å². The maximum Gasteiger partial charge on any atom is 0.119 e. The van der Waals surface area contributed by atoms with E-state index in [2.05, 4.69) is 11.4 Å². The molecule has 2 rings (SSSR count). The van der Waals surface area contributed by atoms with E-state index in [9.17, 15) is 5.11 Å². The van der Waals surface area contributed by atoms with Crippen LogP contribution in [0.2, 0.25) is 0 Å². The van der Waals surface area contributed by atoms with Crippen LogP contribution in [0.25, 0.3) is 0 Å². The normalized spacial score (nSPS) is 24.6. The molecular weight excluding hydrogens is 214 g/mol. The highest BCUT2D eigenvalue weighted by Gasteiger charge is 2.21. The second-order valence-corrected chi connectivity index (χ2v) is 4.69. The summed E-state index contributed by atoms with van der Waals surface area (Å²) in [5, 5.41) is 13.3. The highest BCUT2D eigenvalue weighted by molar-refractivity contribution is 5.28. The van der Waals surface area contributed by atoms with Gasteiger partial charge in [-0.1, -0.05) is 25.0 Å². The summed E-state index contributed by atoms with van der Waals surface area (Å²) < 4.78 is 5.19. The average Bonchev–Trinajstić information content (AvgIpc) is 2.38. The van der Waals surface area contributed by atoms with Crippen LogP contribution in [0.4, 0.5) is 0 Å². The highest BCUT2D eigenvalue weighted by Crippen LogP contribution is 2.19. The summed E-state index contributed by atoms with van der Waals surface area (Å²) in [6.45, 7) is 0.791. The largest absolute Gasteiger partial charge is 0.497 e. The van der Waals surface area contributed by atoms with Crippen molar-refractivity contribution >= 4 is 0 Å². The third-order valence-corrected chi connectivity index (χ3v) is 3.43. The second kappa shape index (κ2) is 6.03. The van der Waals surface area contributed by atoms with E-state index in [1.807, 2.05) is 18.2 Å². The maximum absolute atomic E-state index is 9.86. The molecule has 0 aromatic heterocycles. The Morgan fingerprint density at radius 2 is 2.18 bits per heavy atom. The van der Waals surface area contributed by atoms with Gasteiger partial charge in [-0.2, -0.15) is 0 Å². The summed E-state index contributed by atoms with van der Waals surface area (Å²) in [5.41, 5.74) is 1.20. The van der Waals surface area contributed by atoms with E-state index >= 15 is 0 Å². The molecular formula is C14H21NO2. The number of hydrogen-bond acceptors (Lipinski definition) is 3. The molecule has 1 aliphatic rings. The zero-order chi connectivity index (χ0) is 12.1. The number of aliphatic hydroxyl groups is 1. The first kappa shape index (κ1) is 12.4. The second-order valence-electron chi connectivity index (χ2n) is 4.69. The average molecular weight is 235 g/mol. The monoisotopic (exact) mass is 235 g/mol. The lowest BCUT2D eigenvalue weighted by molar-refractivity contribution is 0.0902. The third-order valence-electron chi connectivity index (χ3n) is 3.43. The predicted molar refractivity (Wildman–Crippen MR) is 68.1 cm³/mol. The summed E-state index contributed by atoms with van der Waals surface area (Å²) in [6, 6.07) is 8.29. The summed E-state index contributed by atoms with van der Waals surface area (Å²) in [6.07, 6.45) is 4.18. The number of ether oxygens (including phenoxy) is 1. The molecule has 1 aromatic rings. The fraction of sp³-hybridized carbons (Fsp3) is 0.571. The van der Waals surface area contributed by atoms with E-state index in [-0.39, 0.29) is 12.1 Å². The molecule has 3 nitrogen and oxygen atoms in total. The van der Waals surface area contributed by atoms with E-state index in [0.717, 1.165) is 31.6 Å². The molecule has 2 N–H and O–H groups in total. The lowest BCUT2D eigenvalue weighted by atomic mass is 9.92. The summed E-state index contributed by atoms with van der Waals surface area (Å²) in [5.74, 6) is 0.883. The van der Waals surface area contributed by atoms with Gasteiger partial charge in [0, 0.05) is 12.6 Å². The molecule has 1 aromatic carbocycles. The summed E-state index contributed by atoms with van der Waals surface area (Å²) >= 11 is 0. The molecule has 0 amide bonds. The Kier molecular flexibility index (Phi) is 4.40. The number of nitrogens with one attached hydrogen (secondary N) is 1. The van der Waals surface area contributed by atoms with Crippen molar-refractivity contribution in [2.45, 2.75) is 44.4 Å². The zero-order valence-electron chi connectivity index (χ0n) is 10.4. The molecule has 0 saturated heterocycles. The van der Waals surface area contributed by atoms with Crippen molar-refractivity contribution in [1.82, 2.24) is 5.32 Å². The smallest absolute Gasteiger partial charge is 0.119 e. The Hall–Kier alpha value is -1.06. The van der Waals surface area contributed by atoms with Crippen LogP contribution < -0.4 is 10.1 Å². The summed E-state index contributed by atoms with van der Waals surface area (Å²) in [7, 11) is 1.68. The third kappa shape index (κ3) is 3.45. The van der Waals surface area contributed by atoms with Crippen LogP contribution in [0, 0.1) is 0 Å². The molecule has 17 heavy (non-hydrogen) atoms. The molecule has 0 unspecified atom stereocenters. The molecule has 0 bridgehead atoms. The number of rotatable bonds is 4. The minimum atomic E-state index is -0.186. The van der Waals surface area contributed by atoms with Gasteiger partial charge in [-0.05, 0) is 30.5 Å². The Bertz CT molecular complexity index is 354. The molecule has 0 aliphatic heterocycles. The first-order valence-electron chi connectivity index (χ1n) is 6.34. The van der Waals surface area contributed by atoms with E-state index in [1.54, 1.807) is 7.11 Å². The molecule has 94 valence electrons. The van der Waals surface area contributed by atoms with Crippen LogP contribution in [0.15, 0.2) is 24.3 Å². The van der Waals surface area contributed by atoms with E-state index < -0.39 is 0 Å². The van der Waals surface area contributed by atoms with Crippen LogP contribution in [0.3, 0.4) is 0 Å². The lowest BCUT2D eigenvalue weighted by Crippen LogP contribution is -2.41. The molecule has 0 radical (unpaired) electrons. The van der Waals surface area contributed by atoms with Crippen molar-refractivity contribution in [3.63, 3.8) is 0 Å². The fourth-order valence-corrected chi connectivity index (χ4v) is 2.38. The Balaban J connectivity index is 1.88.